The van der Waals surface area contributed by atoms with Crippen molar-refractivity contribution in [2.24, 2.45) is 0 Å². The third-order valence-corrected chi connectivity index (χ3v) is 10.8. The van der Waals surface area contributed by atoms with Crippen LogP contribution < -0.4 is 10.6 Å². The minimum atomic E-state index is -3.14. The molecule has 0 aromatic rings. The summed E-state index contributed by atoms with van der Waals surface area (Å²) in [6.45, 7) is 12.5. The van der Waals surface area contributed by atoms with Gasteiger partial charge in [-0.25, -0.2) is 26.4 Å². The van der Waals surface area contributed by atoms with Crippen molar-refractivity contribution in [3.63, 3.8) is 0 Å². The highest BCUT2D eigenvalue weighted by atomic mass is 32.2. The Balaban J connectivity index is 1.69. The SMILES string of the molecule is C=CCN(C(=O)NCCCCCCNC(=O)N(CC=C)C1(C)CCS(=O)(=O)C1)C1(C)CCS(=O)(=O)C1. The molecule has 206 valence electrons. The Morgan fingerprint density at radius 1 is 0.750 bits per heavy atom. The van der Waals surface area contributed by atoms with E-state index >= 15 is 0 Å². The molecule has 0 aliphatic carbocycles. The first-order chi connectivity index (χ1) is 16.8. The van der Waals surface area contributed by atoms with E-state index in [4.69, 9.17) is 0 Å². The zero-order valence-electron chi connectivity index (χ0n) is 21.6. The van der Waals surface area contributed by atoms with E-state index < -0.39 is 30.8 Å². The highest BCUT2D eigenvalue weighted by Gasteiger charge is 2.45. The van der Waals surface area contributed by atoms with Gasteiger partial charge in [-0.05, 0) is 39.5 Å². The van der Waals surface area contributed by atoms with E-state index in [1.165, 1.54) is 0 Å². The summed E-state index contributed by atoms with van der Waals surface area (Å²) in [6.07, 6.45) is 7.27. The molecule has 12 heteroatoms. The molecule has 0 saturated carbocycles. The van der Waals surface area contributed by atoms with Crippen molar-refractivity contribution in [3.8, 4) is 0 Å². The van der Waals surface area contributed by atoms with E-state index in [0.29, 0.717) is 25.9 Å². The van der Waals surface area contributed by atoms with E-state index in [-0.39, 0.29) is 48.2 Å². The van der Waals surface area contributed by atoms with E-state index in [9.17, 15) is 26.4 Å². The third kappa shape index (κ3) is 8.22. The van der Waals surface area contributed by atoms with E-state index in [1.54, 1.807) is 35.8 Å². The topological polar surface area (TPSA) is 133 Å². The molecule has 2 atom stereocenters. The zero-order valence-corrected chi connectivity index (χ0v) is 23.3. The fourth-order valence-electron chi connectivity index (χ4n) is 4.95. The highest BCUT2D eigenvalue weighted by molar-refractivity contribution is 7.92. The molecule has 0 aromatic carbocycles. The molecular formula is C24H42N4O6S2. The molecular weight excluding hydrogens is 504 g/mol. The summed E-state index contributed by atoms with van der Waals surface area (Å²) in [7, 11) is -6.28. The number of carbonyl (C=O) groups is 2. The summed E-state index contributed by atoms with van der Waals surface area (Å²) in [5.41, 5.74) is -1.46. The van der Waals surface area contributed by atoms with Gasteiger partial charge in [0.2, 0.25) is 0 Å². The summed E-state index contributed by atoms with van der Waals surface area (Å²) in [4.78, 5) is 28.5. The van der Waals surface area contributed by atoms with Gasteiger partial charge in [-0.1, -0.05) is 25.0 Å². The van der Waals surface area contributed by atoms with Crippen LogP contribution in [0, 0.1) is 0 Å². The van der Waals surface area contributed by atoms with Crippen LogP contribution in [0.5, 0.6) is 0 Å². The van der Waals surface area contributed by atoms with Crippen LogP contribution in [-0.2, 0) is 19.7 Å². The van der Waals surface area contributed by atoms with Crippen LogP contribution in [0.3, 0.4) is 0 Å². The van der Waals surface area contributed by atoms with E-state index in [2.05, 4.69) is 23.8 Å². The highest BCUT2D eigenvalue weighted by Crippen LogP contribution is 2.30. The number of hydrogen-bond donors (Lipinski definition) is 2. The van der Waals surface area contributed by atoms with Crippen LogP contribution in [-0.4, -0.2) is 99.0 Å². The van der Waals surface area contributed by atoms with Crippen molar-refractivity contribution in [1.29, 1.82) is 0 Å². The lowest BCUT2D eigenvalue weighted by Crippen LogP contribution is -2.54. The lowest BCUT2D eigenvalue weighted by Gasteiger charge is -2.37. The second-order valence-corrected chi connectivity index (χ2v) is 14.7. The maximum Gasteiger partial charge on any atom is 0.318 e. The molecule has 2 rings (SSSR count). The summed E-state index contributed by atoms with van der Waals surface area (Å²) in [5.74, 6) is 0.105. The summed E-state index contributed by atoms with van der Waals surface area (Å²) >= 11 is 0. The molecule has 2 N–H and O–H groups in total. The van der Waals surface area contributed by atoms with Gasteiger partial charge in [0.1, 0.15) is 0 Å². The Kier molecular flexibility index (Phi) is 10.4. The standard InChI is InChI=1S/C24H42N4O6S2/c1-5-15-27(23(3)11-17-35(31,32)19-23)21(29)25-13-9-7-8-10-14-26-22(30)28(16-6-2)24(4)12-18-36(33,34)20-24/h5-6H,1-2,7-20H2,3-4H3,(H,25,29)(H,26,30). The van der Waals surface area contributed by atoms with Gasteiger partial charge in [0, 0.05) is 26.2 Å². The number of carbonyl (C=O) groups excluding carboxylic acids is 2. The van der Waals surface area contributed by atoms with Gasteiger partial charge in [-0.15, -0.1) is 13.2 Å². The number of rotatable bonds is 13. The fraction of sp³-hybridized carbons (Fsp3) is 0.750. The van der Waals surface area contributed by atoms with Gasteiger partial charge >= 0.3 is 12.1 Å². The van der Waals surface area contributed by atoms with Crippen molar-refractivity contribution < 1.29 is 26.4 Å². The molecule has 2 unspecified atom stereocenters. The average molecular weight is 547 g/mol. The first-order valence-corrected chi connectivity index (χ1v) is 16.2. The Hall–Kier alpha value is -2.08. The maximum absolute atomic E-state index is 12.7. The van der Waals surface area contributed by atoms with E-state index in [1.807, 2.05) is 0 Å². The third-order valence-electron chi connectivity index (χ3n) is 7.04. The lowest BCUT2D eigenvalue weighted by molar-refractivity contribution is 0.147. The molecule has 0 spiro atoms. The van der Waals surface area contributed by atoms with Crippen LogP contribution >= 0.6 is 0 Å². The van der Waals surface area contributed by atoms with Gasteiger partial charge in [0.15, 0.2) is 19.7 Å². The van der Waals surface area contributed by atoms with Crippen molar-refractivity contribution in [2.45, 2.75) is 63.5 Å². The predicted molar refractivity (Wildman–Crippen MR) is 142 cm³/mol. The molecule has 10 nitrogen and oxygen atoms in total. The van der Waals surface area contributed by atoms with Crippen molar-refractivity contribution in [3.05, 3.63) is 25.3 Å². The fourth-order valence-corrected chi connectivity index (χ4v) is 9.24. The summed E-state index contributed by atoms with van der Waals surface area (Å²) < 4.78 is 47.8. The van der Waals surface area contributed by atoms with E-state index in [0.717, 1.165) is 25.7 Å². The predicted octanol–water partition coefficient (Wildman–Crippen LogP) is 2.10. The smallest absolute Gasteiger partial charge is 0.318 e. The Labute approximate surface area is 216 Å². The number of unbranched alkanes of at least 4 members (excludes halogenated alkanes) is 3. The molecule has 2 aliphatic heterocycles. The molecule has 0 bridgehead atoms. The van der Waals surface area contributed by atoms with Crippen LogP contribution in [0.15, 0.2) is 25.3 Å². The van der Waals surface area contributed by atoms with Crippen molar-refractivity contribution in [2.75, 3.05) is 49.2 Å². The second-order valence-electron chi connectivity index (χ2n) is 10.4. The minimum absolute atomic E-state index is 0.0355. The minimum Gasteiger partial charge on any atom is -0.338 e. The number of sulfone groups is 2. The Bertz CT molecular complexity index is 947. The number of hydrogen-bond acceptors (Lipinski definition) is 6. The number of amides is 4. The van der Waals surface area contributed by atoms with Crippen molar-refractivity contribution >= 4 is 31.7 Å². The molecule has 4 amide bonds. The molecule has 0 radical (unpaired) electrons. The first kappa shape index (κ1) is 30.1. The average Bonchev–Trinajstić information content (AvgIpc) is 3.25. The van der Waals surface area contributed by atoms with Crippen LogP contribution in [0.25, 0.3) is 0 Å². The molecule has 2 fully saturated rings. The largest absolute Gasteiger partial charge is 0.338 e. The van der Waals surface area contributed by atoms with Crippen molar-refractivity contribution in [1.82, 2.24) is 20.4 Å². The number of urea groups is 2. The van der Waals surface area contributed by atoms with Gasteiger partial charge in [0.05, 0.1) is 34.1 Å². The van der Waals surface area contributed by atoms with Gasteiger partial charge in [-0.2, -0.15) is 0 Å². The zero-order chi connectivity index (χ0) is 27.0. The summed E-state index contributed by atoms with van der Waals surface area (Å²) in [5, 5.41) is 5.77. The first-order valence-electron chi connectivity index (χ1n) is 12.5. The van der Waals surface area contributed by atoms with Gasteiger partial charge < -0.3 is 20.4 Å². The Morgan fingerprint density at radius 2 is 1.11 bits per heavy atom. The Morgan fingerprint density at radius 3 is 1.39 bits per heavy atom. The normalized spacial score (nSPS) is 26.2. The number of nitrogens with zero attached hydrogens (tertiary/aromatic N) is 2. The molecule has 2 heterocycles. The maximum atomic E-state index is 12.7. The number of nitrogens with one attached hydrogen (secondary N) is 2. The van der Waals surface area contributed by atoms with Gasteiger partial charge in [0.25, 0.3) is 0 Å². The molecule has 0 aromatic heterocycles. The molecule has 36 heavy (non-hydrogen) atoms. The monoisotopic (exact) mass is 546 g/mol. The van der Waals surface area contributed by atoms with Gasteiger partial charge in [-0.3, -0.25) is 0 Å². The van der Waals surface area contributed by atoms with Crippen LogP contribution in [0.1, 0.15) is 52.4 Å². The lowest BCUT2D eigenvalue weighted by atomic mass is 9.99. The van der Waals surface area contributed by atoms with Crippen LogP contribution in [0.2, 0.25) is 0 Å². The summed E-state index contributed by atoms with van der Waals surface area (Å²) in [6, 6.07) is -0.571. The molecule has 2 saturated heterocycles. The second kappa shape index (κ2) is 12.4. The quantitative estimate of drug-likeness (QED) is 0.269. The molecule has 2 aliphatic rings. The van der Waals surface area contributed by atoms with Crippen LogP contribution in [0.4, 0.5) is 9.59 Å².